The van der Waals surface area contributed by atoms with Crippen LogP contribution in [0.1, 0.15) is 12.2 Å². The van der Waals surface area contributed by atoms with E-state index in [9.17, 15) is 9.18 Å². The van der Waals surface area contributed by atoms with Crippen LogP contribution in [0.15, 0.2) is 42.1 Å². The SMILES string of the molecule is C=CCn1c(C)nnc1SCCC(=O)Nc1ccc(F)cc1. The molecule has 0 unspecified atom stereocenters. The van der Waals surface area contributed by atoms with Gasteiger partial charge in [0.1, 0.15) is 11.6 Å². The lowest BCUT2D eigenvalue weighted by Crippen LogP contribution is -2.12. The zero-order valence-electron chi connectivity index (χ0n) is 12.3. The summed E-state index contributed by atoms with van der Waals surface area (Å²) in [4.78, 5) is 11.8. The number of rotatable bonds is 7. The van der Waals surface area contributed by atoms with Crippen LogP contribution in [0, 0.1) is 12.7 Å². The van der Waals surface area contributed by atoms with Crippen molar-refractivity contribution in [2.24, 2.45) is 0 Å². The molecule has 0 saturated carbocycles. The van der Waals surface area contributed by atoms with Crippen LogP contribution < -0.4 is 5.32 Å². The number of hydrogen-bond donors (Lipinski definition) is 1. The maximum atomic E-state index is 12.8. The Morgan fingerprint density at radius 1 is 1.41 bits per heavy atom. The van der Waals surface area contributed by atoms with E-state index in [0.717, 1.165) is 11.0 Å². The summed E-state index contributed by atoms with van der Waals surface area (Å²) in [6.07, 6.45) is 2.11. The lowest BCUT2D eigenvalue weighted by atomic mass is 10.3. The largest absolute Gasteiger partial charge is 0.326 e. The number of carbonyl (C=O) groups is 1. The monoisotopic (exact) mass is 320 g/mol. The third-order valence-electron chi connectivity index (χ3n) is 2.90. The normalized spacial score (nSPS) is 10.5. The van der Waals surface area contributed by atoms with Gasteiger partial charge in [-0.3, -0.25) is 4.79 Å². The van der Waals surface area contributed by atoms with Crippen molar-refractivity contribution >= 4 is 23.4 Å². The highest BCUT2D eigenvalue weighted by atomic mass is 32.2. The first-order valence-electron chi connectivity index (χ1n) is 6.79. The Morgan fingerprint density at radius 3 is 2.82 bits per heavy atom. The fourth-order valence-corrected chi connectivity index (χ4v) is 2.73. The number of anilines is 1. The molecule has 22 heavy (non-hydrogen) atoms. The number of halogens is 1. The van der Waals surface area contributed by atoms with E-state index < -0.39 is 0 Å². The van der Waals surface area contributed by atoms with Gasteiger partial charge >= 0.3 is 0 Å². The molecule has 0 atom stereocenters. The van der Waals surface area contributed by atoms with Gasteiger partial charge in [-0.05, 0) is 31.2 Å². The number of benzene rings is 1. The standard InChI is InChI=1S/C15H17FN4OS/c1-3-9-20-11(2)18-19-15(20)22-10-8-14(21)17-13-6-4-12(16)5-7-13/h3-7H,1,8-10H2,2H3,(H,17,21). The summed E-state index contributed by atoms with van der Waals surface area (Å²) in [6, 6.07) is 5.69. The molecule has 2 rings (SSSR count). The van der Waals surface area contributed by atoms with Crippen molar-refractivity contribution in [1.82, 2.24) is 14.8 Å². The van der Waals surface area contributed by atoms with E-state index >= 15 is 0 Å². The summed E-state index contributed by atoms with van der Waals surface area (Å²) in [6.45, 7) is 6.22. The van der Waals surface area contributed by atoms with Crippen molar-refractivity contribution in [3.8, 4) is 0 Å². The molecule has 0 aliphatic rings. The van der Waals surface area contributed by atoms with Gasteiger partial charge in [-0.25, -0.2) is 4.39 Å². The highest BCUT2D eigenvalue weighted by molar-refractivity contribution is 7.99. The molecular weight excluding hydrogens is 303 g/mol. The molecule has 116 valence electrons. The maximum Gasteiger partial charge on any atom is 0.225 e. The van der Waals surface area contributed by atoms with Gasteiger partial charge in [-0.15, -0.1) is 16.8 Å². The molecule has 7 heteroatoms. The zero-order chi connectivity index (χ0) is 15.9. The molecule has 0 spiro atoms. The Hall–Kier alpha value is -2.15. The highest BCUT2D eigenvalue weighted by Crippen LogP contribution is 2.18. The molecule has 1 aromatic carbocycles. The van der Waals surface area contributed by atoms with Gasteiger partial charge in [0.15, 0.2) is 5.16 Å². The first-order valence-corrected chi connectivity index (χ1v) is 7.77. The van der Waals surface area contributed by atoms with Crippen LogP contribution in [-0.4, -0.2) is 26.4 Å². The second-order valence-corrected chi connectivity index (χ2v) is 5.64. The molecule has 5 nitrogen and oxygen atoms in total. The van der Waals surface area contributed by atoms with Crippen LogP contribution in [0.2, 0.25) is 0 Å². The molecule has 1 heterocycles. The number of thioether (sulfide) groups is 1. The number of aryl methyl sites for hydroxylation is 1. The van der Waals surface area contributed by atoms with Gasteiger partial charge in [0.05, 0.1) is 0 Å². The summed E-state index contributed by atoms with van der Waals surface area (Å²) in [5, 5.41) is 11.6. The topological polar surface area (TPSA) is 59.8 Å². The molecule has 0 fully saturated rings. The predicted molar refractivity (Wildman–Crippen MR) is 85.3 cm³/mol. The molecule has 0 aliphatic heterocycles. The van der Waals surface area contributed by atoms with E-state index in [-0.39, 0.29) is 11.7 Å². The van der Waals surface area contributed by atoms with Crippen LogP contribution in [0.4, 0.5) is 10.1 Å². The van der Waals surface area contributed by atoms with E-state index in [0.29, 0.717) is 24.4 Å². The number of aromatic nitrogens is 3. The van der Waals surface area contributed by atoms with E-state index in [1.807, 2.05) is 11.5 Å². The fraction of sp³-hybridized carbons (Fsp3) is 0.267. The van der Waals surface area contributed by atoms with Crippen LogP contribution in [-0.2, 0) is 11.3 Å². The number of nitrogens with zero attached hydrogens (tertiary/aromatic N) is 3. The van der Waals surface area contributed by atoms with Gasteiger partial charge < -0.3 is 9.88 Å². The minimum atomic E-state index is -0.328. The van der Waals surface area contributed by atoms with Crippen LogP contribution in [0.25, 0.3) is 0 Å². The molecular formula is C15H17FN4OS. The molecule has 0 aliphatic carbocycles. The third kappa shape index (κ3) is 4.42. The van der Waals surface area contributed by atoms with E-state index in [1.165, 1.54) is 36.0 Å². The van der Waals surface area contributed by atoms with Crippen molar-refractivity contribution in [3.63, 3.8) is 0 Å². The van der Waals surface area contributed by atoms with Gasteiger partial charge in [0.2, 0.25) is 5.91 Å². The number of hydrogen-bond acceptors (Lipinski definition) is 4. The third-order valence-corrected chi connectivity index (χ3v) is 3.87. The Morgan fingerprint density at radius 2 is 2.14 bits per heavy atom. The van der Waals surface area contributed by atoms with E-state index in [4.69, 9.17) is 0 Å². The van der Waals surface area contributed by atoms with Gasteiger partial charge in [-0.2, -0.15) is 0 Å². The summed E-state index contributed by atoms with van der Waals surface area (Å²) in [5.41, 5.74) is 0.585. The summed E-state index contributed by atoms with van der Waals surface area (Å²) >= 11 is 1.47. The number of nitrogens with one attached hydrogen (secondary N) is 1. The van der Waals surface area contributed by atoms with Crippen molar-refractivity contribution in [1.29, 1.82) is 0 Å². The van der Waals surface area contributed by atoms with Gasteiger partial charge in [0, 0.05) is 24.4 Å². The minimum Gasteiger partial charge on any atom is -0.326 e. The van der Waals surface area contributed by atoms with Gasteiger partial charge in [-0.1, -0.05) is 17.8 Å². The summed E-state index contributed by atoms with van der Waals surface area (Å²) in [7, 11) is 0. The van der Waals surface area contributed by atoms with E-state index in [1.54, 1.807) is 6.08 Å². The smallest absolute Gasteiger partial charge is 0.225 e. The zero-order valence-corrected chi connectivity index (χ0v) is 13.1. The predicted octanol–water partition coefficient (Wildman–Crippen LogP) is 3.03. The highest BCUT2D eigenvalue weighted by Gasteiger charge is 2.09. The minimum absolute atomic E-state index is 0.120. The Balaban J connectivity index is 1.82. The molecule has 0 bridgehead atoms. The lowest BCUT2D eigenvalue weighted by Gasteiger charge is -2.06. The first kappa shape index (κ1) is 16.2. The van der Waals surface area contributed by atoms with Crippen LogP contribution >= 0.6 is 11.8 Å². The Kier molecular flexibility index (Phi) is 5.71. The molecule has 0 saturated heterocycles. The molecule has 0 radical (unpaired) electrons. The Labute approximate surface area is 132 Å². The summed E-state index contributed by atoms with van der Waals surface area (Å²) < 4.78 is 14.7. The fourth-order valence-electron chi connectivity index (χ4n) is 1.80. The summed E-state index contributed by atoms with van der Waals surface area (Å²) in [5.74, 6) is 0.955. The molecule has 2 aromatic rings. The average molecular weight is 320 g/mol. The first-order chi connectivity index (χ1) is 10.6. The van der Waals surface area contributed by atoms with Crippen molar-refractivity contribution in [3.05, 3.63) is 48.6 Å². The van der Waals surface area contributed by atoms with Crippen LogP contribution in [0.5, 0.6) is 0 Å². The molecule has 1 aromatic heterocycles. The lowest BCUT2D eigenvalue weighted by molar-refractivity contribution is -0.115. The Bertz CT molecular complexity index is 654. The maximum absolute atomic E-state index is 12.8. The quantitative estimate of drug-likeness (QED) is 0.629. The van der Waals surface area contributed by atoms with Crippen molar-refractivity contribution in [2.45, 2.75) is 25.0 Å². The average Bonchev–Trinajstić information content (AvgIpc) is 2.83. The van der Waals surface area contributed by atoms with E-state index in [2.05, 4.69) is 22.1 Å². The van der Waals surface area contributed by atoms with Gasteiger partial charge in [0.25, 0.3) is 0 Å². The number of amides is 1. The second-order valence-electron chi connectivity index (χ2n) is 4.58. The van der Waals surface area contributed by atoms with Crippen LogP contribution in [0.3, 0.4) is 0 Å². The second kappa shape index (κ2) is 7.74. The number of carbonyl (C=O) groups excluding carboxylic acids is 1. The molecule has 1 N–H and O–H groups in total. The number of allylic oxidation sites excluding steroid dienone is 1. The molecule has 1 amide bonds. The van der Waals surface area contributed by atoms with Crippen molar-refractivity contribution in [2.75, 3.05) is 11.1 Å². The van der Waals surface area contributed by atoms with Crippen molar-refractivity contribution < 1.29 is 9.18 Å².